The van der Waals surface area contributed by atoms with Gasteiger partial charge in [-0.05, 0) is 24.0 Å². The molecular formula is C28H30F6N2O3. The SMILES string of the molecule is CC(=O)N1CCC(C(=O)N2C[C@H](c3ccc(C(O)(C(F)(F)F)C(F)(F)F)cc3)[C@](C)(c3ccccc3)C2)CC1. The van der Waals surface area contributed by atoms with E-state index in [2.05, 4.69) is 0 Å². The summed E-state index contributed by atoms with van der Waals surface area (Å²) in [6.45, 7) is 4.88. The van der Waals surface area contributed by atoms with Gasteiger partial charge in [0.15, 0.2) is 0 Å². The number of amides is 2. The number of likely N-dealkylation sites (tertiary alicyclic amines) is 2. The van der Waals surface area contributed by atoms with Crippen molar-refractivity contribution in [3.63, 3.8) is 0 Å². The number of hydrogen-bond donors (Lipinski definition) is 1. The molecule has 2 amide bonds. The average molecular weight is 557 g/mol. The highest BCUT2D eigenvalue weighted by Gasteiger charge is 2.71. The molecule has 5 nitrogen and oxygen atoms in total. The van der Waals surface area contributed by atoms with Gasteiger partial charge < -0.3 is 14.9 Å². The number of halogens is 6. The summed E-state index contributed by atoms with van der Waals surface area (Å²) < 4.78 is 80.3. The van der Waals surface area contributed by atoms with Gasteiger partial charge in [0.2, 0.25) is 11.8 Å². The van der Waals surface area contributed by atoms with Gasteiger partial charge in [0.25, 0.3) is 5.60 Å². The highest BCUT2D eigenvalue weighted by atomic mass is 19.4. The smallest absolute Gasteiger partial charge is 0.369 e. The molecule has 4 rings (SSSR count). The van der Waals surface area contributed by atoms with Crippen LogP contribution in [-0.2, 0) is 20.6 Å². The quantitative estimate of drug-likeness (QED) is 0.531. The largest absolute Gasteiger partial charge is 0.430 e. The molecule has 39 heavy (non-hydrogen) atoms. The summed E-state index contributed by atoms with van der Waals surface area (Å²) >= 11 is 0. The van der Waals surface area contributed by atoms with Crippen LogP contribution in [0.4, 0.5) is 26.3 Å². The van der Waals surface area contributed by atoms with Gasteiger partial charge >= 0.3 is 12.4 Å². The second-order valence-corrected chi connectivity index (χ2v) is 10.7. The van der Waals surface area contributed by atoms with E-state index >= 15 is 0 Å². The minimum Gasteiger partial charge on any atom is -0.369 e. The molecule has 0 bridgehead atoms. The van der Waals surface area contributed by atoms with Crippen LogP contribution in [0.15, 0.2) is 54.6 Å². The average Bonchev–Trinajstić information content (AvgIpc) is 3.25. The molecular weight excluding hydrogens is 526 g/mol. The molecule has 2 fully saturated rings. The van der Waals surface area contributed by atoms with Crippen LogP contribution in [0, 0.1) is 5.92 Å². The standard InChI is InChI=1S/C28H30F6N2O3/c1-18(37)35-14-12-20(13-15-35)24(38)36-16-23(25(2,17-36)21-6-4-3-5-7-21)19-8-10-22(11-9-19)26(39,27(29,30)31)28(32,33)34/h3-11,20,23,39H,12-17H2,1-2H3/t23-,25+/m1/s1. The number of piperidine rings is 1. The summed E-state index contributed by atoms with van der Waals surface area (Å²) in [6, 6.07) is 12.9. The first-order valence-electron chi connectivity index (χ1n) is 12.7. The maximum absolute atomic E-state index is 13.5. The van der Waals surface area contributed by atoms with Crippen molar-refractivity contribution in [2.45, 2.75) is 56.0 Å². The van der Waals surface area contributed by atoms with E-state index in [0.717, 1.165) is 5.56 Å². The molecule has 11 heteroatoms. The van der Waals surface area contributed by atoms with Crippen LogP contribution in [0.25, 0.3) is 0 Å². The van der Waals surface area contributed by atoms with Gasteiger partial charge in [0.1, 0.15) is 0 Å². The molecule has 2 aliphatic heterocycles. The third-order valence-electron chi connectivity index (χ3n) is 8.28. The molecule has 212 valence electrons. The molecule has 0 aromatic heterocycles. The number of carbonyl (C=O) groups is 2. The van der Waals surface area contributed by atoms with E-state index in [4.69, 9.17) is 0 Å². The molecule has 1 N–H and O–H groups in total. The third kappa shape index (κ3) is 5.13. The molecule has 2 saturated heterocycles. The Bertz CT molecular complexity index is 1180. The Hall–Kier alpha value is -3.08. The van der Waals surface area contributed by atoms with Gasteiger partial charge in [0.05, 0.1) is 0 Å². The molecule has 0 saturated carbocycles. The molecule has 2 aromatic carbocycles. The Morgan fingerprint density at radius 1 is 0.872 bits per heavy atom. The number of aliphatic hydroxyl groups is 1. The van der Waals surface area contributed by atoms with Crippen molar-refractivity contribution in [2.75, 3.05) is 26.2 Å². The Balaban J connectivity index is 1.65. The molecule has 2 atom stereocenters. The Morgan fingerprint density at radius 2 is 1.41 bits per heavy atom. The van der Waals surface area contributed by atoms with Crippen molar-refractivity contribution in [2.24, 2.45) is 5.92 Å². The lowest BCUT2D eigenvalue weighted by Crippen LogP contribution is -2.53. The summed E-state index contributed by atoms with van der Waals surface area (Å²) in [6.07, 6.45) is -10.9. The number of benzene rings is 2. The zero-order valence-corrected chi connectivity index (χ0v) is 21.5. The lowest BCUT2D eigenvalue weighted by molar-refractivity contribution is -0.376. The molecule has 2 heterocycles. The van der Waals surface area contributed by atoms with Crippen LogP contribution in [0.3, 0.4) is 0 Å². The van der Waals surface area contributed by atoms with E-state index in [1.54, 1.807) is 9.80 Å². The van der Waals surface area contributed by atoms with Crippen LogP contribution in [0.2, 0.25) is 0 Å². The van der Waals surface area contributed by atoms with Crippen LogP contribution in [0.5, 0.6) is 0 Å². The van der Waals surface area contributed by atoms with Crippen LogP contribution >= 0.6 is 0 Å². The van der Waals surface area contributed by atoms with Crippen LogP contribution < -0.4 is 0 Å². The predicted octanol–water partition coefficient (Wildman–Crippen LogP) is 5.14. The summed E-state index contributed by atoms with van der Waals surface area (Å²) in [7, 11) is 0. The Kier molecular flexibility index (Phi) is 7.52. The fraction of sp³-hybridized carbons (Fsp3) is 0.500. The van der Waals surface area contributed by atoms with Crippen molar-refractivity contribution in [1.82, 2.24) is 9.80 Å². The first-order valence-corrected chi connectivity index (χ1v) is 12.7. The first-order chi connectivity index (χ1) is 18.1. The molecule has 0 radical (unpaired) electrons. The van der Waals surface area contributed by atoms with Gasteiger partial charge in [-0.1, -0.05) is 61.5 Å². The summed E-state index contributed by atoms with van der Waals surface area (Å²) in [5, 5.41) is 9.78. The van der Waals surface area contributed by atoms with E-state index in [1.165, 1.54) is 19.1 Å². The summed E-state index contributed by atoms with van der Waals surface area (Å²) in [5.74, 6) is -0.844. The van der Waals surface area contributed by atoms with Gasteiger partial charge in [0, 0.05) is 55.9 Å². The van der Waals surface area contributed by atoms with E-state index in [1.807, 2.05) is 37.3 Å². The van der Waals surface area contributed by atoms with Crippen molar-refractivity contribution < 1.29 is 41.0 Å². The molecule has 0 unspecified atom stereocenters. The minimum absolute atomic E-state index is 0.0508. The van der Waals surface area contributed by atoms with E-state index in [9.17, 15) is 41.0 Å². The fourth-order valence-corrected chi connectivity index (χ4v) is 5.89. The zero-order valence-electron chi connectivity index (χ0n) is 21.5. The maximum atomic E-state index is 13.5. The predicted molar refractivity (Wildman–Crippen MR) is 131 cm³/mol. The fourth-order valence-electron chi connectivity index (χ4n) is 5.89. The second-order valence-electron chi connectivity index (χ2n) is 10.7. The Labute approximate surface area is 222 Å². The monoisotopic (exact) mass is 556 g/mol. The number of hydrogen-bond acceptors (Lipinski definition) is 3. The van der Waals surface area contributed by atoms with Crippen molar-refractivity contribution in [1.29, 1.82) is 0 Å². The number of rotatable bonds is 4. The molecule has 2 aromatic rings. The number of nitrogens with zero attached hydrogens (tertiary/aromatic N) is 2. The summed E-state index contributed by atoms with van der Waals surface area (Å²) in [4.78, 5) is 28.6. The van der Waals surface area contributed by atoms with Crippen LogP contribution in [-0.4, -0.2) is 65.3 Å². The third-order valence-corrected chi connectivity index (χ3v) is 8.28. The lowest BCUT2D eigenvalue weighted by atomic mass is 9.71. The van der Waals surface area contributed by atoms with Crippen molar-refractivity contribution in [3.05, 3.63) is 71.3 Å². The minimum atomic E-state index is -5.97. The van der Waals surface area contributed by atoms with E-state index in [-0.39, 0.29) is 24.3 Å². The van der Waals surface area contributed by atoms with E-state index in [0.29, 0.717) is 50.2 Å². The van der Waals surface area contributed by atoms with Crippen molar-refractivity contribution in [3.8, 4) is 0 Å². The number of carbonyl (C=O) groups excluding carboxylic acids is 2. The van der Waals surface area contributed by atoms with Crippen LogP contribution in [0.1, 0.15) is 49.3 Å². The molecule has 0 spiro atoms. The molecule has 2 aliphatic rings. The molecule has 0 aliphatic carbocycles. The van der Waals surface area contributed by atoms with Gasteiger partial charge in [-0.25, -0.2) is 0 Å². The van der Waals surface area contributed by atoms with Gasteiger partial charge in [-0.15, -0.1) is 0 Å². The second kappa shape index (κ2) is 10.1. The highest BCUT2D eigenvalue weighted by molar-refractivity contribution is 5.80. The highest BCUT2D eigenvalue weighted by Crippen LogP contribution is 2.51. The number of alkyl halides is 6. The lowest BCUT2D eigenvalue weighted by Gasteiger charge is -2.34. The van der Waals surface area contributed by atoms with E-state index < -0.39 is 34.8 Å². The van der Waals surface area contributed by atoms with Gasteiger partial charge in [-0.3, -0.25) is 9.59 Å². The maximum Gasteiger partial charge on any atom is 0.430 e. The topological polar surface area (TPSA) is 60.9 Å². The van der Waals surface area contributed by atoms with Crippen molar-refractivity contribution >= 4 is 11.8 Å². The normalized spacial score (nSPS) is 23.3. The Morgan fingerprint density at radius 3 is 1.90 bits per heavy atom. The first kappa shape index (κ1) is 28.9. The summed E-state index contributed by atoms with van der Waals surface area (Å²) in [5.41, 5.74) is -5.67. The van der Waals surface area contributed by atoms with Gasteiger partial charge in [-0.2, -0.15) is 26.3 Å². The zero-order chi connectivity index (χ0) is 28.8.